The Morgan fingerprint density at radius 3 is 2.82 bits per heavy atom. The molecule has 1 aliphatic rings. The van der Waals surface area contributed by atoms with Crippen molar-refractivity contribution in [3.05, 3.63) is 0 Å². The van der Waals surface area contributed by atoms with Crippen molar-refractivity contribution in [2.24, 2.45) is 5.92 Å². The van der Waals surface area contributed by atoms with Crippen molar-refractivity contribution >= 4 is 0 Å². The first-order valence-electron chi connectivity index (χ1n) is 4.10. The molecule has 1 N–H and O–H groups in total. The van der Waals surface area contributed by atoms with Crippen LogP contribution in [0.1, 0.15) is 6.42 Å². The number of ether oxygens (including phenoxy) is 1. The van der Waals surface area contributed by atoms with E-state index in [1.807, 2.05) is 19.0 Å². The number of hydrogen-bond acceptors (Lipinski definition) is 3. The minimum atomic E-state index is -0.215. The van der Waals surface area contributed by atoms with Crippen molar-refractivity contribution in [1.82, 2.24) is 4.90 Å². The second kappa shape index (κ2) is 4.04. The molecule has 3 heteroatoms. The Bertz CT molecular complexity index is 111. The molecule has 0 spiro atoms. The van der Waals surface area contributed by atoms with Crippen LogP contribution >= 0.6 is 0 Å². The summed E-state index contributed by atoms with van der Waals surface area (Å²) in [7, 11) is 3.94. The topological polar surface area (TPSA) is 32.7 Å². The molecule has 11 heavy (non-hydrogen) atoms. The summed E-state index contributed by atoms with van der Waals surface area (Å²) in [4.78, 5) is 2.00. The van der Waals surface area contributed by atoms with E-state index in [9.17, 15) is 5.11 Å². The highest BCUT2D eigenvalue weighted by Gasteiger charge is 2.23. The molecular formula is C8H17NO2. The third kappa shape index (κ3) is 2.77. The quantitative estimate of drug-likeness (QED) is 0.626. The Labute approximate surface area is 68.0 Å². The van der Waals surface area contributed by atoms with Gasteiger partial charge in [-0.3, -0.25) is 0 Å². The molecule has 1 heterocycles. The summed E-state index contributed by atoms with van der Waals surface area (Å²) in [5.74, 6) is 0.359. The maximum Gasteiger partial charge on any atom is 0.0717 e. The lowest BCUT2D eigenvalue weighted by Gasteiger charge is -2.20. The molecule has 0 amide bonds. The number of hydrogen-bond donors (Lipinski definition) is 1. The molecule has 2 unspecified atom stereocenters. The SMILES string of the molecule is CN(C)CC(O)C1CCOC1. The Morgan fingerprint density at radius 1 is 1.64 bits per heavy atom. The fourth-order valence-electron chi connectivity index (χ4n) is 1.38. The third-order valence-electron chi connectivity index (χ3n) is 2.06. The van der Waals surface area contributed by atoms with E-state index in [4.69, 9.17) is 4.74 Å². The zero-order valence-corrected chi connectivity index (χ0v) is 7.29. The van der Waals surface area contributed by atoms with Gasteiger partial charge >= 0.3 is 0 Å². The summed E-state index contributed by atoms with van der Waals surface area (Å²) in [6.07, 6.45) is 0.794. The van der Waals surface area contributed by atoms with E-state index in [2.05, 4.69) is 0 Å². The van der Waals surface area contributed by atoms with E-state index in [0.29, 0.717) is 5.92 Å². The highest BCUT2D eigenvalue weighted by molar-refractivity contribution is 4.74. The maximum absolute atomic E-state index is 9.60. The van der Waals surface area contributed by atoms with Gasteiger partial charge in [0.2, 0.25) is 0 Å². The van der Waals surface area contributed by atoms with Crippen LogP contribution in [-0.4, -0.2) is 50.0 Å². The molecule has 0 saturated carbocycles. The lowest BCUT2D eigenvalue weighted by molar-refractivity contribution is 0.0695. The number of rotatable bonds is 3. The fourth-order valence-corrected chi connectivity index (χ4v) is 1.38. The molecule has 66 valence electrons. The molecule has 1 aliphatic heterocycles. The number of nitrogens with zero attached hydrogens (tertiary/aromatic N) is 1. The predicted octanol–water partition coefficient (Wildman–Crippen LogP) is -0.0546. The van der Waals surface area contributed by atoms with Gasteiger partial charge in [0.15, 0.2) is 0 Å². The van der Waals surface area contributed by atoms with Crippen LogP contribution in [0.15, 0.2) is 0 Å². The van der Waals surface area contributed by atoms with Gasteiger partial charge in [-0.25, -0.2) is 0 Å². The maximum atomic E-state index is 9.60. The predicted molar refractivity (Wildman–Crippen MR) is 43.5 cm³/mol. The van der Waals surface area contributed by atoms with Crippen LogP contribution in [0, 0.1) is 5.92 Å². The van der Waals surface area contributed by atoms with Crippen molar-refractivity contribution in [3.63, 3.8) is 0 Å². The molecule has 0 aliphatic carbocycles. The van der Waals surface area contributed by atoms with Gasteiger partial charge in [0.25, 0.3) is 0 Å². The standard InChI is InChI=1S/C8H17NO2/c1-9(2)5-8(10)7-3-4-11-6-7/h7-8,10H,3-6H2,1-2H3. The van der Waals surface area contributed by atoms with Crippen molar-refractivity contribution < 1.29 is 9.84 Å². The van der Waals surface area contributed by atoms with Gasteiger partial charge in [-0.05, 0) is 20.5 Å². The molecule has 3 nitrogen and oxygen atoms in total. The molecule has 1 rings (SSSR count). The van der Waals surface area contributed by atoms with Crippen molar-refractivity contribution in [1.29, 1.82) is 0 Å². The average Bonchev–Trinajstić information content (AvgIpc) is 2.35. The summed E-state index contributed by atoms with van der Waals surface area (Å²) in [6, 6.07) is 0. The molecular weight excluding hydrogens is 142 g/mol. The first-order valence-corrected chi connectivity index (χ1v) is 4.10. The van der Waals surface area contributed by atoms with Crippen LogP contribution in [-0.2, 0) is 4.74 Å². The van der Waals surface area contributed by atoms with E-state index in [1.54, 1.807) is 0 Å². The first kappa shape index (κ1) is 8.97. The number of likely N-dealkylation sites (N-methyl/N-ethyl adjacent to an activating group) is 1. The summed E-state index contributed by atoms with van der Waals surface area (Å²) in [5.41, 5.74) is 0. The molecule has 0 bridgehead atoms. The third-order valence-corrected chi connectivity index (χ3v) is 2.06. The summed E-state index contributed by atoms with van der Waals surface area (Å²) in [6.45, 7) is 2.29. The normalized spacial score (nSPS) is 27.8. The van der Waals surface area contributed by atoms with Gasteiger partial charge in [0.05, 0.1) is 12.7 Å². The van der Waals surface area contributed by atoms with E-state index < -0.39 is 0 Å². The van der Waals surface area contributed by atoms with Gasteiger partial charge in [-0.2, -0.15) is 0 Å². The van der Waals surface area contributed by atoms with Crippen molar-refractivity contribution in [2.75, 3.05) is 33.9 Å². The smallest absolute Gasteiger partial charge is 0.0717 e. The van der Waals surface area contributed by atoms with Crippen LogP contribution in [0.5, 0.6) is 0 Å². The molecule has 2 atom stereocenters. The van der Waals surface area contributed by atoms with Gasteiger partial charge < -0.3 is 14.7 Å². The monoisotopic (exact) mass is 159 g/mol. The molecule has 0 radical (unpaired) electrons. The molecule has 1 saturated heterocycles. The van der Waals surface area contributed by atoms with Crippen LogP contribution in [0.2, 0.25) is 0 Å². The molecule has 0 aromatic rings. The van der Waals surface area contributed by atoms with E-state index >= 15 is 0 Å². The highest BCUT2D eigenvalue weighted by Crippen LogP contribution is 2.16. The van der Waals surface area contributed by atoms with Crippen molar-refractivity contribution in [2.45, 2.75) is 12.5 Å². The van der Waals surface area contributed by atoms with Crippen LogP contribution in [0.4, 0.5) is 0 Å². The lowest BCUT2D eigenvalue weighted by atomic mass is 10.0. The fraction of sp³-hybridized carbons (Fsp3) is 1.00. The number of aliphatic hydroxyl groups is 1. The second-order valence-electron chi connectivity index (χ2n) is 3.45. The summed E-state index contributed by atoms with van der Waals surface area (Å²) >= 11 is 0. The largest absolute Gasteiger partial charge is 0.391 e. The van der Waals surface area contributed by atoms with E-state index in [-0.39, 0.29) is 6.10 Å². The van der Waals surface area contributed by atoms with Gasteiger partial charge in [-0.1, -0.05) is 0 Å². The Kier molecular flexibility index (Phi) is 3.30. The van der Waals surface area contributed by atoms with Gasteiger partial charge in [0, 0.05) is 19.1 Å². The zero-order chi connectivity index (χ0) is 8.27. The number of aliphatic hydroxyl groups excluding tert-OH is 1. The highest BCUT2D eigenvalue weighted by atomic mass is 16.5. The van der Waals surface area contributed by atoms with E-state index in [0.717, 1.165) is 26.2 Å². The van der Waals surface area contributed by atoms with Crippen LogP contribution in [0.3, 0.4) is 0 Å². The summed E-state index contributed by atoms with van der Waals surface area (Å²) in [5, 5.41) is 9.60. The van der Waals surface area contributed by atoms with Crippen LogP contribution < -0.4 is 0 Å². The zero-order valence-electron chi connectivity index (χ0n) is 7.29. The van der Waals surface area contributed by atoms with Gasteiger partial charge in [0.1, 0.15) is 0 Å². The minimum Gasteiger partial charge on any atom is -0.391 e. The second-order valence-corrected chi connectivity index (χ2v) is 3.45. The summed E-state index contributed by atoms with van der Waals surface area (Å²) < 4.78 is 5.18. The van der Waals surface area contributed by atoms with Crippen LogP contribution in [0.25, 0.3) is 0 Å². The van der Waals surface area contributed by atoms with E-state index in [1.165, 1.54) is 0 Å². The molecule has 0 aromatic heterocycles. The Hall–Kier alpha value is -0.120. The lowest BCUT2D eigenvalue weighted by Crippen LogP contribution is -2.32. The minimum absolute atomic E-state index is 0.215. The average molecular weight is 159 g/mol. The van der Waals surface area contributed by atoms with Gasteiger partial charge in [-0.15, -0.1) is 0 Å². The molecule has 1 fully saturated rings. The van der Waals surface area contributed by atoms with Crippen molar-refractivity contribution in [3.8, 4) is 0 Å². The Balaban J connectivity index is 2.22. The first-order chi connectivity index (χ1) is 5.20. The Morgan fingerprint density at radius 2 is 2.36 bits per heavy atom. The molecule has 0 aromatic carbocycles.